The van der Waals surface area contributed by atoms with Gasteiger partial charge in [0.25, 0.3) is 5.56 Å². The van der Waals surface area contributed by atoms with Crippen molar-refractivity contribution in [2.45, 2.75) is 45.1 Å². The van der Waals surface area contributed by atoms with Gasteiger partial charge in [0.05, 0.1) is 23.0 Å². The second kappa shape index (κ2) is 7.61. The van der Waals surface area contributed by atoms with Gasteiger partial charge in [0.1, 0.15) is 17.3 Å². The quantitative estimate of drug-likeness (QED) is 0.674. The zero-order valence-corrected chi connectivity index (χ0v) is 18.0. The zero-order valence-electron chi connectivity index (χ0n) is 17.1. The second-order valence-electron chi connectivity index (χ2n) is 8.43. The summed E-state index contributed by atoms with van der Waals surface area (Å²) in [6, 6.07) is 5.52. The van der Waals surface area contributed by atoms with Gasteiger partial charge in [0, 0.05) is 35.3 Å². The molecule has 0 aromatic carbocycles. The molecule has 9 heteroatoms. The van der Waals surface area contributed by atoms with Crippen LogP contribution in [0.4, 0.5) is 4.79 Å². The number of fused-ring (bicyclic) bond motifs is 1. The Hall–Kier alpha value is -3.12. The average molecular weight is 426 g/mol. The van der Waals surface area contributed by atoms with E-state index < -0.39 is 5.60 Å². The Labute approximate surface area is 177 Å². The van der Waals surface area contributed by atoms with Crippen molar-refractivity contribution in [3.8, 4) is 16.5 Å². The van der Waals surface area contributed by atoms with E-state index in [4.69, 9.17) is 10.00 Å². The van der Waals surface area contributed by atoms with Crippen LogP contribution >= 0.6 is 11.3 Å². The highest BCUT2D eigenvalue weighted by molar-refractivity contribution is 7.13. The summed E-state index contributed by atoms with van der Waals surface area (Å²) in [5.41, 5.74) is 2.13. The molecule has 30 heavy (non-hydrogen) atoms. The molecule has 1 fully saturated rings. The molecule has 3 aromatic heterocycles. The topological polar surface area (TPSA) is 103 Å². The molecular weight excluding hydrogens is 402 g/mol. The van der Waals surface area contributed by atoms with Crippen LogP contribution < -0.4 is 5.56 Å². The van der Waals surface area contributed by atoms with Crippen molar-refractivity contribution in [1.82, 2.24) is 19.5 Å². The molecule has 1 N–H and O–H groups in total. The third-order valence-corrected chi connectivity index (χ3v) is 6.06. The minimum Gasteiger partial charge on any atom is -0.444 e. The number of piperidine rings is 1. The van der Waals surface area contributed by atoms with Gasteiger partial charge < -0.3 is 14.6 Å². The minimum atomic E-state index is -0.522. The Bertz CT molecular complexity index is 1190. The summed E-state index contributed by atoms with van der Waals surface area (Å²) < 4.78 is 7.24. The van der Waals surface area contributed by atoms with E-state index in [1.54, 1.807) is 33.1 Å². The van der Waals surface area contributed by atoms with Crippen LogP contribution in [0.3, 0.4) is 0 Å². The van der Waals surface area contributed by atoms with E-state index in [9.17, 15) is 9.59 Å². The number of thiophene rings is 1. The first-order valence-corrected chi connectivity index (χ1v) is 10.7. The Morgan fingerprint density at radius 2 is 2.07 bits per heavy atom. The molecular formula is C21H23N5O3S. The van der Waals surface area contributed by atoms with Crippen LogP contribution in [0.5, 0.6) is 0 Å². The molecule has 1 saturated heterocycles. The Balaban J connectivity index is 1.59. The summed E-state index contributed by atoms with van der Waals surface area (Å²) in [7, 11) is 0. The number of rotatable bonds is 2. The molecule has 1 amide bonds. The standard InChI is InChI=1S/C21H23N5O3S/c1-21(2,3)29-20(28)25-6-4-14(5-7-25)16-9-18(27)24-19-15(11-23-26(16)19)17-8-13(10-22)12-30-17/h8-9,11-12,14H,4-7H2,1-3H3,(H,24,27). The number of nitrogens with zero attached hydrogens (tertiary/aromatic N) is 4. The van der Waals surface area contributed by atoms with E-state index in [0.717, 1.165) is 29.0 Å². The lowest BCUT2D eigenvalue weighted by Gasteiger charge is -2.33. The first-order chi connectivity index (χ1) is 14.2. The summed E-state index contributed by atoms with van der Waals surface area (Å²) in [5, 5.41) is 15.4. The molecule has 0 bridgehead atoms. The van der Waals surface area contributed by atoms with Gasteiger partial charge in [-0.2, -0.15) is 10.4 Å². The van der Waals surface area contributed by atoms with E-state index in [2.05, 4.69) is 16.2 Å². The van der Waals surface area contributed by atoms with E-state index in [-0.39, 0.29) is 17.6 Å². The number of amides is 1. The fraction of sp³-hybridized carbons (Fsp3) is 0.429. The van der Waals surface area contributed by atoms with Crippen LogP contribution in [0, 0.1) is 11.3 Å². The minimum absolute atomic E-state index is 0.110. The normalized spacial score (nSPS) is 15.3. The molecule has 0 saturated carbocycles. The lowest BCUT2D eigenvalue weighted by atomic mass is 9.93. The molecule has 0 unspecified atom stereocenters. The Morgan fingerprint density at radius 1 is 1.33 bits per heavy atom. The number of carbonyl (C=O) groups is 1. The van der Waals surface area contributed by atoms with Crippen LogP contribution in [0.1, 0.15) is 50.8 Å². The number of hydrogen-bond acceptors (Lipinski definition) is 6. The van der Waals surface area contributed by atoms with Crippen LogP contribution in [0.25, 0.3) is 16.1 Å². The maximum atomic E-state index is 12.4. The monoisotopic (exact) mass is 425 g/mol. The number of aromatic amines is 1. The lowest BCUT2D eigenvalue weighted by Crippen LogP contribution is -2.41. The number of aromatic nitrogens is 3. The van der Waals surface area contributed by atoms with Gasteiger partial charge in [-0.3, -0.25) is 4.79 Å². The largest absolute Gasteiger partial charge is 0.444 e. The van der Waals surface area contributed by atoms with Gasteiger partial charge in [-0.1, -0.05) is 0 Å². The van der Waals surface area contributed by atoms with Crippen LogP contribution in [-0.4, -0.2) is 44.3 Å². The summed E-state index contributed by atoms with van der Waals surface area (Å²) in [6.07, 6.45) is 2.87. The van der Waals surface area contributed by atoms with E-state index >= 15 is 0 Å². The van der Waals surface area contributed by atoms with Crippen LogP contribution in [-0.2, 0) is 4.74 Å². The maximum absolute atomic E-state index is 12.4. The highest BCUT2D eigenvalue weighted by Crippen LogP contribution is 2.32. The maximum Gasteiger partial charge on any atom is 0.410 e. The predicted octanol–water partition coefficient (Wildman–Crippen LogP) is 3.74. The molecule has 4 heterocycles. The van der Waals surface area contributed by atoms with E-state index in [0.29, 0.717) is 24.3 Å². The van der Waals surface area contributed by atoms with Crippen LogP contribution in [0.15, 0.2) is 28.5 Å². The summed E-state index contributed by atoms with van der Waals surface area (Å²) in [4.78, 5) is 30.2. The first kappa shape index (κ1) is 20.2. The molecule has 3 aromatic rings. The number of H-pyrrole nitrogens is 1. The van der Waals surface area contributed by atoms with Gasteiger partial charge >= 0.3 is 6.09 Å². The van der Waals surface area contributed by atoms with Crippen molar-refractivity contribution in [2.24, 2.45) is 0 Å². The second-order valence-corrected chi connectivity index (χ2v) is 9.34. The molecule has 1 aliphatic heterocycles. The van der Waals surface area contributed by atoms with Gasteiger partial charge in [-0.25, -0.2) is 9.31 Å². The zero-order chi connectivity index (χ0) is 21.5. The number of nitriles is 1. The molecule has 0 spiro atoms. The molecule has 8 nitrogen and oxygen atoms in total. The van der Waals surface area contributed by atoms with Gasteiger partial charge in [0.15, 0.2) is 0 Å². The van der Waals surface area contributed by atoms with Gasteiger partial charge in [0.2, 0.25) is 0 Å². The molecule has 156 valence electrons. The molecule has 0 atom stereocenters. The van der Waals surface area contributed by atoms with Crippen molar-refractivity contribution in [2.75, 3.05) is 13.1 Å². The fourth-order valence-corrected chi connectivity index (χ4v) is 4.55. The summed E-state index contributed by atoms with van der Waals surface area (Å²) in [6.45, 7) is 6.70. The average Bonchev–Trinajstić information content (AvgIpc) is 3.32. The number of nitrogens with one attached hydrogen (secondary N) is 1. The number of carbonyl (C=O) groups excluding carboxylic acids is 1. The molecule has 4 rings (SSSR count). The first-order valence-electron chi connectivity index (χ1n) is 9.83. The van der Waals surface area contributed by atoms with Crippen molar-refractivity contribution in [1.29, 1.82) is 5.26 Å². The number of ether oxygens (including phenoxy) is 1. The number of hydrogen-bond donors (Lipinski definition) is 1. The fourth-order valence-electron chi connectivity index (χ4n) is 3.70. The van der Waals surface area contributed by atoms with Crippen molar-refractivity contribution in [3.05, 3.63) is 45.3 Å². The van der Waals surface area contributed by atoms with Crippen molar-refractivity contribution >= 4 is 23.1 Å². The number of likely N-dealkylation sites (tertiary alicyclic amines) is 1. The molecule has 0 radical (unpaired) electrons. The third kappa shape index (κ3) is 3.96. The molecule has 1 aliphatic rings. The van der Waals surface area contributed by atoms with E-state index in [1.807, 2.05) is 20.8 Å². The van der Waals surface area contributed by atoms with Crippen LogP contribution in [0.2, 0.25) is 0 Å². The Morgan fingerprint density at radius 3 is 2.70 bits per heavy atom. The highest BCUT2D eigenvalue weighted by Gasteiger charge is 2.29. The van der Waals surface area contributed by atoms with Gasteiger partial charge in [-0.05, 0) is 39.7 Å². The third-order valence-electron chi connectivity index (χ3n) is 5.09. The highest BCUT2D eigenvalue weighted by atomic mass is 32.1. The summed E-state index contributed by atoms with van der Waals surface area (Å²) in [5.74, 6) is 0.110. The predicted molar refractivity (Wildman–Crippen MR) is 114 cm³/mol. The smallest absolute Gasteiger partial charge is 0.410 e. The van der Waals surface area contributed by atoms with Crippen molar-refractivity contribution in [3.63, 3.8) is 0 Å². The van der Waals surface area contributed by atoms with Crippen molar-refractivity contribution < 1.29 is 9.53 Å². The SMILES string of the molecule is CC(C)(C)OC(=O)N1CCC(c2cc(=O)[nH]c3c(-c4cc(C#N)cs4)cnn23)CC1. The van der Waals surface area contributed by atoms with E-state index in [1.165, 1.54) is 11.3 Å². The summed E-state index contributed by atoms with van der Waals surface area (Å²) >= 11 is 1.45. The molecule has 0 aliphatic carbocycles. The lowest BCUT2D eigenvalue weighted by molar-refractivity contribution is 0.0203. The van der Waals surface area contributed by atoms with Gasteiger partial charge in [-0.15, -0.1) is 11.3 Å². The Kier molecular flexibility index (Phi) is 5.12.